The fraction of sp³-hybridized carbons (Fsp3) is 0. The number of carbonyl (C=O) groups is 4. The molecule has 0 atom stereocenters. The summed E-state index contributed by atoms with van der Waals surface area (Å²) in [6, 6.07) is 11.6. The van der Waals surface area contributed by atoms with Crippen molar-refractivity contribution in [1.82, 2.24) is 0 Å². The Kier molecular flexibility index (Phi) is 6.01. The molecule has 0 heterocycles. The van der Waals surface area contributed by atoms with Crippen LogP contribution in [0.15, 0.2) is 60.2 Å². The molecule has 7 nitrogen and oxygen atoms in total. The van der Waals surface area contributed by atoms with Gasteiger partial charge in [0.25, 0.3) is 0 Å². The highest BCUT2D eigenvalue weighted by molar-refractivity contribution is 6.25. The first kappa shape index (κ1) is 19.3. The quantitative estimate of drug-likeness (QED) is 0.390. The molecule has 0 saturated carbocycles. The van der Waals surface area contributed by atoms with Gasteiger partial charge in [-0.2, -0.15) is 0 Å². The van der Waals surface area contributed by atoms with Gasteiger partial charge in [0.2, 0.25) is 0 Å². The Hall–Kier alpha value is -4.00. The second kappa shape index (κ2) is 8.39. The number of allylic oxidation sites excluding steroid dienone is 1. The van der Waals surface area contributed by atoms with Gasteiger partial charge in [0.05, 0.1) is 11.1 Å². The van der Waals surface area contributed by atoms with Gasteiger partial charge in [-0.1, -0.05) is 42.5 Å². The van der Waals surface area contributed by atoms with Gasteiger partial charge in [0, 0.05) is 0 Å². The molecular formula is C20H14O7. The highest BCUT2D eigenvalue weighted by Gasteiger charge is 2.17. The molecule has 0 unspecified atom stereocenters. The van der Waals surface area contributed by atoms with Gasteiger partial charge >= 0.3 is 17.9 Å². The summed E-state index contributed by atoms with van der Waals surface area (Å²) in [6.45, 7) is 0. The lowest BCUT2D eigenvalue weighted by atomic mass is 10.0. The molecule has 2 aromatic carbocycles. The zero-order valence-corrected chi connectivity index (χ0v) is 13.8. The van der Waals surface area contributed by atoms with Crippen molar-refractivity contribution in [3.63, 3.8) is 0 Å². The van der Waals surface area contributed by atoms with E-state index in [0.717, 1.165) is 12.2 Å². The minimum atomic E-state index is -1.53. The van der Waals surface area contributed by atoms with Crippen LogP contribution in [0, 0.1) is 0 Å². The minimum absolute atomic E-state index is 0.0429. The largest absolute Gasteiger partial charge is 0.478 e. The topological polar surface area (TPSA) is 129 Å². The van der Waals surface area contributed by atoms with Crippen LogP contribution in [0.5, 0.6) is 0 Å². The maximum Gasteiger partial charge on any atom is 0.339 e. The van der Waals surface area contributed by atoms with Gasteiger partial charge in [-0.3, -0.25) is 4.79 Å². The fourth-order valence-corrected chi connectivity index (χ4v) is 2.30. The van der Waals surface area contributed by atoms with E-state index in [4.69, 9.17) is 10.2 Å². The minimum Gasteiger partial charge on any atom is -0.478 e. The highest BCUT2D eigenvalue weighted by Crippen LogP contribution is 2.16. The molecule has 0 spiro atoms. The maximum atomic E-state index is 12.3. The first-order chi connectivity index (χ1) is 12.8. The lowest BCUT2D eigenvalue weighted by Gasteiger charge is -2.03. The van der Waals surface area contributed by atoms with Crippen molar-refractivity contribution in [2.24, 2.45) is 0 Å². The predicted molar refractivity (Wildman–Crippen MR) is 96.5 cm³/mol. The molecule has 0 aliphatic carbocycles. The van der Waals surface area contributed by atoms with Crippen LogP contribution in [-0.2, 0) is 9.59 Å². The van der Waals surface area contributed by atoms with Gasteiger partial charge in [0.15, 0.2) is 5.78 Å². The molecule has 2 aromatic rings. The Morgan fingerprint density at radius 2 is 1.19 bits per heavy atom. The van der Waals surface area contributed by atoms with Crippen LogP contribution in [0.25, 0.3) is 12.2 Å². The molecule has 0 saturated heterocycles. The smallest absolute Gasteiger partial charge is 0.339 e. The number of carboxylic acid groups (broad SMARTS) is 3. The van der Waals surface area contributed by atoms with Gasteiger partial charge in [0.1, 0.15) is 5.57 Å². The number of carboxylic acids is 3. The Balaban J connectivity index is 2.41. The lowest BCUT2D eigenvalue weighted by Crippen LogP contribution is -2.10. The maximum absolute atomic E-state index is 12.3. The van der Waals surface area contributed by atoms with Gasteiger partial charge < -0.3 is 15.3 Å². The second-order valence-corrected chi connectivity index (χ2v) is 5.35. The van der Waals surface area contributed by atoms with E-state index in [9.17, 15) is 24.3 Å². The van der Waals surface area contributed by atoms with Crippen LogP contribution in [0.1, 0.15) is 31.8 Å². The van der Waals surface area contributed by atoms with E-state index in [-0.39, 0.29) is 22.3 Å². The van der Waals surface area contributed by atoms with E-state index in [1.54, 1.807) is 6.07 Å². The van der Waals surface area contributed by atoms with Crippen LogP contribution in [0.2, 0.25) is 0 Å². The van der Waals surface area contributed by atoms with Crippen LogP contribution in [0.4, 0.5) is 0 Å². The lowest BCUT2D eigenvalue weighted by molar-refractivity contribution is -0.133. The molecule has 0 radical (unpaired) electrons. The van der Waals surface area contributed by atoms with Crippen LogP contribution in [0.3, 0.4) is 0 Å². The van der Waals surface area contributed by atoms with Crippen molar-refractivity contribution in [1.29, 1.82) is 0 Å². The molecule has 0 amide bonds. The molecule has 7 heteroatoms. The molecule has 0 aromatic heterocycles. The third-order valence-corrected chi connectivity index (χ3v) is 3.59. The van der Waals surface area contributed by atoms with Gasteiger partial charge in [-0.25, -0.2) is 14.4 Å². The van der Waals surface area contributed by atoms with Crippen molar-refractivity contribution in [2.75, 3.05) is 0 Å². The number of benzene rings is 2. The third kappa shape index (κ3) is 4.76. The summed E-state index contributed by atoms with van der Waals surface area (Å²) in [5.74, 6) is -4.88. The number of hydrogen-bond donors (Lipinski definition) is 3. The molecule has 0 bridgehead atoms. The van der Waals surface area contributed by atoms with Crippen molar-refractivity contribution >= 4 is 35.8 Å². The third-order valence-electron chi connectivity index (χ3n) is 3.59. The number of rotatable bonds is 7. The Labute approximate surface area is 153 Å². The number of aromatic carboxylic acids is 2. The fourth-order valence-electron chi connectivity index (χ4n) is 2.30. The molecule has 2 rings (SSSR count). The first-order valence-electron chi connectivity index (χ1n) is 7.63. The zero-order chi connectivity index (χ0) is 20.0. The summed E-state index contributed by atoms with van der Waals surface area (Å²) in [4.78, 5) is 46.1. The van der Waals surface area contributed by atoms with Gasteiger partial charge in [-0.15, -0.1) is 0 Å². The van der Waals surface area contributed by atoms with Crippen molar-refractivity contribution in [3.05, 3.63) is 82.4 Å². The molecule has 0 aliphatic rings. The summed E-state index contributed by atoms with van der Waals surface area (Å²) >= 11 is 0. The zero-order valence-electron chi connectivity index (χ0n) is 13.8. The van der Waals surface area contributed by atoms with Crippen LogP contribution >= 0.6 is 0 Å². The summed E-state index contributed by atoms with van der Waals surface area (Å²) < 4.78 is 0. The Morgan fingerprint density at radius 3 is 1.70 bits per heavy atom. The van der Waals surface area contributed by atoms with E-state index in [1.807, 2.05) is 0 Å². The normalized spacial score (nSPS) is 11.3. The van der Waals surface area contributed by atoms with E-state index in [1.165, 1.54) is 48.5 Å². The highest BCUT2D eigenvalue weighted by atomic mass is 16.4. The van der Waals surface area contributed by atoms with Crippen molar-refractivity contribution in [2.45, 2.75) is 0 Å². The van der Waals surface area contributed by atoms with E-state index in [2.05, 4.69) is 0 Å². The van der Waals surface area contributed by atoms with Gasteiger partial charge in [-0.05, 0) is 35.4 Å². The monoisotopic (exact) mass is 366 g/mol. The van der Waals surface area contributed by atoms with E-state index < -0.39 is 29.3 Å². The standard InChI is InChI=1S/C20H14O7/c21-17(10-9-12-5-1-3-7-14(12)18(22)23)16(20(26)27)11-13-6-2-4-8-15(13)19(24)25/h1-11H,(H,22,23)(H,24,25)(H,26,27). The Bertz CT molecular complexity index is 983. The predicted octanol–water partition coefficient (Wildman–Crippen LogP) is 2.83. The van der Waals surface area contributed by atoms with Crippen LogP contribution < -0.4 is 0 Å². The summed E-state index contributed by atoms with van der Waals surface area (Å²) in [5.41, 5.74) is -0.542. The molecule has 27 heavy (non-hydrogen) atoms. The molecule has 0 aliphatic heterocycles. The first-order valence-corrected chi connectivity index (χ1v) is 7.63. The van der Waals surface area contributed by atoms with Crippen LogP contribution in [-0.4, -0.2) is 39.0 Å². The summed E-state index contributed by atoms with van der Waals surface area (Å²) in [5, 5.41) is 27.6. The average Bonchev–Trinajstić information content (AvgIpc) is 2.64. The number of aliphatic carboxylic acids is 1. The Morgan fingerprint density at radius 1 is 0.704 bits per heavy atom. The second-order valence-electron chi connectivity index (χ2n) is 5.35. The summed E-state index contributed by atoms with van der Waals surface area (Å²) in [7, 11) is 0. The van der Waals surface area contributed by atoms with E-state index >= 15 is 0 Å². The van der Waals surface area contributed by atoms with Crippen molar-refractivity contribution < 1.29 is 34.5 Å². The number of hydrogen-bond acceptors (Lipinski definition) is 4. The molecular weight excluding hydrogens is 352 g/mol. The number of carbonyl (C=O) groups excluding carboxylic acids is 1. The summed E-state index contributed by atoms with van der Waals surface area (Å²) in [6.07, 6.45) is 3.11. The number of ketones is 1. The van der Waals surface area contributed by atoms with Crippen molar-refractivity contribution in [3.8, 4) is 0 Å². The molecule has 0 fully saturated rings. The average molecular weight is 366 g/mol. The molecule has 3 N–H and O–H groups in total. The SMILES string of the molecule is O=C(O)C(=Cc1ccccc1C(=O)O)C(=O)C=Cc1ccccc1C(=O)O. The van der Waals surface area contributed by atoms with E-state index in [0.29, 0.717) is 0 Å². The molecule has 136 valence electrons.